The Morgan fingerprint density at radius 3 is 2.93 bits per heavy atom. The molecule has 1 aromatic rings. The summed E-state index contributed by atoms with van der Waals surface area (Å²) in [7, 11) is 4.02. The highest BCUT2D eigenvalue weighted by molar-refractivity contribution is 9.10. The summed E-state index contributed by atoms with van der Waals surface area (Å²) in [5, 5.41) is 4.19. The Balaban J connectivity index is 2.70. The first-order chi connectivity index (χ1) is 6.65. The Morgan fingerprint density at radius 2 is 2.36 bits per heavy atom. The van der Waals surface area contributed by atoms with Crippen LogP contribution in [0.2, 0.25) is 0 Å². The van der Waals surface area contributed by atoms with E-state index in [0.717, 1.165) is 29.5 Å². The van der Waals surface area contributed by atoms with Gasteiger partial charge in [0.15, 0.2) is 0 Å². The smallest absolute Gasteiger partial charge is 0.125 e. The number of carbonyl (C=O) groups is 1. The third-order valence-electron chi connectivity index (χ3n) is 1.93. The van der Waals surface area contributed by atoms with Crippen molar-refractivity contribution in [1.29, 1.82) is 0 Å². The van der Waals surface area contributed by atoms with E-state index in [1.807, 2.05) is 18.8 Å². The fraction of sp³-hybridized carbons (Fsp3) is 0.556. The van der Waals surface area contributed by atoms with Gasteiger partial charge < -0.3 is 9.69 Å². The molecule has 0 bridgehead atoms. The van der Waals surface area contributed by atoms with Crippen molar-refractivity contribution in [2.24, 2.45) is 0 Å². The first-order valence-electron chi connectivity index (χ1n) is 4.43. The second-order valence-electron chi connectivity index (χ2n) is 3.34. The minimum absolute atomic E-state index is 0.411. The largest absolute Gasteiger partial charge is 0.308 e. The first kappa shape index (κ1) is 11.4. The summed E-state index contributed by atoms with van der Waals surface area (Å²) >= 11 is 3.37. The zero-order valence-corrected chi connectivity index (χ0v) is 9.99. The molecule has 0 radical (unpaired) electrons. The predicted octanol–water partition coefficient (Wildman–Crippen LogP) is 0.949. The molecule has 0 fully saturated rings. The molecule has 0 amide bonds. The van der Waals surface area contributed by atoms with E-state index in [1.54, 1.807) is 6.20 Å². The highest BCUT2D eigenvalue weighted by Gasteiger charge is 2.07. The molecule has 1 rings (SSSR count). The number of likely N-dealkylation sites (N-methyl/N-ethyl adjacent to an activating group) is 1. The Bertz CT molecular complexity index is 309. The summed E-state index contributed by atoms with van der Waals surface area (Å²) in [6.07, 6.45) is 3.04. The van der Waals surface area contributed by atoms with Gasteiger partial charge in [0.05, 0.1) is 22.9 Å². The molecule has 14 heavy (non-hydrogen) atoms. The van der Waals surface area contributed by atoms with Crippen LogP contribution in [-0.4, -0.2) is 41.6 Å². The maximum absolute atomic E-state index is 10.4. The number of halogens is 1. The molecule has 0 aromatic carbocycles. The Hall–Kier alpha value is -0.680. The molecule has 0 saturated carbocycles. The van der Waals surface area contributed by atoms with Gasteiger partial charge in [0.1, 0.15) is 6.29 Å². The van der Waals surface area contributed by atoms with Gasteiger partial charge in [0, 0.05) is 13.0 Å². The van der Waals surface area contributed by atoms with Crippen LogP contribution in [0.1, 0.15) is 5.69 Å². The van der Waals surface area contributed by atoms with E-state index in [2.05, 4.69) is 25.9 Å². The van der Waals surface area contributed by atoms with Crippen LogP contribution in [-0.2, 0) is 17.8 Å². The van der Waals surface area contributed by atoms with Crippen molar-refractivity contribution in [2.45, 2.75) is 13.0 Å². The van der Waals surface area contributed by atoms with Crippen molar-refractivity contribution in [1.82, 2.24) is 14.7 Å². The van der Waals surface area contributed by atoms with Gasteiger partial charge in [-0.2, -0.15) is 5.10 Å². The Kier molecular flexibility index (Phi) is 4.28. The molecule has 0 aliphatic heterocycles. The van der Waals surface area contributed by atoms with Crippen LogP contribution < -0.4 is 0 Å². The molecule has 4 nitrogen and oxygen atoms in total. The monoisotopic (exact) mass is 259 g/mol. The average molecular weight is 260 g/mol. The number of nitrogens with zero attached hydrogens (tertiary/aromatic N) is 3. The summed E-state index contributed by atoms with van der Waals surface area (Å²) in [5.74, 6) is 0. The van der Waals surface area contributed by atoms with Gasteiger partial charge in [-0.1, -0.05) is 0 Å². The van der Waals surface area contributed by atoms with Gasteiger partial charge in [-0.25, -0.2) is 0 Å². The zero-order chi connectivity index (χ0) is 10.6. The lowest BCUT2D eigenvalue weighted by Gasteiger charge is -2.11. The van der Waals surface area contributed by atoms with E-state index in [0.29, 0.717) is 6.42 Å². The van der Waals surface area contributed by atoms with Crippen LogP contribution in [0.25, 0.3) is 0 Å². The standard InChI is InChI=1S/C9H14BrN3O/c1-12(2)4-5-13-9(3-6-14)8(10)7-11-13/h6-7H,3-5H2,1-2H3. The highest BCUT2D eigenvalue weighted by Crippen LogP contribution is 2.15. The van der Waals surface area contributed by atoms with Gasteiger partial charge in [0.2, 0.25) is 0 Å². The van der Waals surface area contributed by atoms with Gasteiger partial charge in [-0.15, -0.1) is 0 Å². The van der Waals surface area contributed by atoms with Crippen LogP contribution >= 0.6 is 15.9 Å². The van der Waals surface area contributed by atoms with Crippen LogP contribution in [0.5, 0.6) is 0 Å². The van der Waals surface area contributed by atoms with E-state index in [9.17, 15) is 4.79 Å². The average Bonchev–Trinajstić information content (AvgIpc) is 2.46. The lowest BCUT2D eigenvalue weighted by atomic mass is 10.3. The fourth-order valence-corrected chi connectivity index (χ4v) is 1.62. The van der Waals surface area contributed by atoms with E-state index in [4.69, 9.17) is 0 Å². The minimum atomic E-state index is 0.411. The second-order valence-corrected chi connectivity index (χ2v) is 4.19. The second kappa shape index (κ2) is 5.26. The van der Waals surface area contributed by atoms with E-state index in [-0.39, 0.29) is 0 Å². The van der Waals surface area contributed by atoms with Gasteiger partial charge in [-0.05, 0) is 30.0 Å². The third-order valence-corrected chi connectivity index (χ3v) is 2.60. The topological polar surface area (TPSA) is 38.1 Å². The Morgan fingerprint density at radius 1 is 1.64 bits per heavy atom. The number of hydrogen-bond donors (Lipinski definition) is 0. The molecule has 0 atom stereocenters. The maximum atomic E-state index is 10.4. The minimum Gasteiger partial charge on any atom is -0.308 e. The molecular weight excluding hydrogens is 246 g/mol. The van der Waals surface area contributed by atoms with E-state index < -0.39 is 0 Å². The molecule has 0 saturated heterocycles. The van der Waals surface area contributed by atoms with Crippen LogP contribution in [0.4, 0.5) is 0 Å². The molecular formula is C9H14BrN3O. The maximum Gasteiger partial charge on any atom is 0.125 e. The number of aromatic nitrogens is 2. The summed E-state index contributed by atoms with van der Waals surface area (Å²) in [5.41, 5.74) is 0.946. The summed E-state index contributed by atoms with van der Waals surface area (Å²) in [6, 6.07) is 0. The van der Waals surface area contributed by atoms with E-state index >= 15 is 0 Å². The lowest BCUT2D eigenvalue weighted by molar-refractivity contribution is -0.107. The fourth-order valence-electron chi connectivity index (χ4n) is 1.16. The first-order valence-corrected chi connectivity index (χ1v) is 5.23. The molecule has 0 N–H and O–H groups in total. The summed E-state index contributed by atoms with van der Waals surface area (Å²) < 4.78 is 2.77. The molecule has 0 aliphatic carbocycles. The zero-order valence-electron chi connectivity index (χ0n) is 8.40. The quantitative estimate of drug-likeness (QED) is 0.740. The SMILES string of the molecule is CN(C)CCn1ncc(Br)c1CC=O. The normalized spacial score (nSPS) is 10.9. The predicted molar refractivity (Wildman–Crippen MR) is 58.2 cm³/mol. The van der Waals surface area contributed by atoms with Gasteiger partial charge >= 0.3 is 0 Å². The number of carbonyl (C=O) groups excluding carboxylic acids is 1. The molecule has 1 aromatic heterocycles. The number of hydrogen-bond acceptors (Lipinski definition) is 3. The number of rotatable bonds is 5. The van der Waals surface area contributed by atoms with Crippen molar-refractivity contribution >= 4 is 22.2 Å². The van der Waals surface area contributed by atoms with Crippen LogP contribution in [0.3, 0.4) is 0 Å². The van der Waals surface area contributed by atoms with Crippen molar-refractivity contribution in [3.8, 4) is 0 Å². The van der Waals surface area contributed by atoms with Crippen molar-refractivity contribution in [3.63, 3.8) is 0 Å². The Labute approximate surface area is 92.0 Å². The third kappa shape index (κ3) is 2.92. The molecule has 78 valence electrons. The molecule has 0 aliphatic rings. The van der Waals surface area contributed by atoms with Crippen LogP contribution in [0, 0.1) is 0 Å². The van der Waals surface area contributed by atoms with Crippen molar-refractivity contribution < 1.29 is 4.79 Å². The molecule has 0 unspecified atom stereocenters. The van der Waals surface area contributed by atoms with Gasteiger partial charge in [-0.3, -0.25) is 4.68 Å². The van der Waals surface area contributed by atoms with Gasteiger partial charge in [0.25, 0.3) is 0 Å². The van der Waals surface area contributed by atoms with Crippen LogP contribution in [0.15, 0.2) is 10.7 Å². The summed E-state index contributed by atoms with van der Waals surface area (Å²) in [4.78, 5) is 12.5. The summed E-state index contributed by atoms with van der Waals surface area (Å²) in [6.45, 7) is 1.72. The lowest BCUT2D eigenvalue weighted by Crippen LogP contribution is -2.20. The van der Waals surface area contributed by atoms with Crippen molar-refractivity contribution in [2.75, 3.05) is 20.6 Å². The number of aldehydes is 1. The highest BCUT2D eigenvalue weighted by atomic mass is 79.9. The molecule has 0 spiro atoms. The molecule has 1 heterocycles. The van der Waals surface area contributed by atoms with Crippen molar-refractivity contribution in [3.05, 3.63) is 16.4 Å². The van der Waals surface area contributed by atoms with E-state index in [1.165, 1.54) is 0 Å². The molecule has 5 heteroatoms.